The van der Waals surface area contributed by atoms with Crippen LogP contribution in [0.3, 0.4) is 0 Å². The molecule has 40 heavy (non-hydrogen) atoms. The van der Waals surface area contributed by atoms with Crippen molar-refractivity contribution < 1.29 is 29.4 Å². The van der Waals surface area contributed by atoms with Crippen molar-refractivity contribution in [1.82, 2.24) is 16.0 Å². The summed E-state index contributed by atoms with van der Waals surface area (Å²) in [4.78, 5) is 54.9. The van der Waals surface area contributed by atoms with Gasteiger partial charge in [-0.05, 0) is 61.6 Å². The number of carboxylic acid groups (broad SMARTS) is 1. The molecular formula is C27H45N7O6. The Morgan fingerprint density at radius 3 is 1.85 bits per heavy atom. The number of carboxylic acids is 1. The molecule has 0 aliphatic heterocycles. The molecule has 13 nitrogen and oxygen atoms in total. The van der Waals surface area contributed by atoms with Gasteiger partial charge < -0.3 is 43.4 Å². The normalized spacial score (nSPS) is 14.1. The average molecular weight is 564 g/mol. The van der Waals surface area contributed by atoms with E-state index in [0.29, 0.717) is 6.42 Å². The quantitative estimate of drug-likeness (QED) is 0.0719. The standard InChI is InChI=1S/C27H45N7O6/c1-15(2)12-21(25(38)34-22(26(39)40)13-16(3)4)33-24(37)20(6-5-11-31-27(29)30)32-23(36)19(28)14-17-7-9-18(35)10-8-17/h7-10,15-16,19-22,35H,5-6,11-14,28H2,1-4H3,(H,32,36)(H,33,37)(H,34,38)(H,39,40)(H4,29,30,31)/t19-,20-,21-,22-/m0/s1. The molecule has 1 aromatic carbocycles. The molecule has 224 valence electrons. The van der Waals surface area contributed by atoms with Crippen LogP contribution in [-0.2, 0) is 25.6 Å². The smallest absolute Gasteiger partial charge is 0.326 e. The van der Waals surface area contributed by atoms with Gasteiger partial charge in [0.15, 0.2) is 5.96 Å². The van der Waals surface area contributed by atoms with Gasteiger partial charge in [0.05, 0.1) is 6.04 Å². The van der Waals surface area contributed by atoms with Gasteiger partial charge in [-0.25, -0.2) is 4.79 Å². The van der Waals surface area contributed by atoms with Crippen molar-refractivity contribution in [2.75, 3.05) is 6.54 Å². The van der Waals surface area contributed by atoms with Crippen LogP contribution in [0, 0.1) is 11.8 Å². The molecule has 1 aromatic rings. The van der Waals surface area contributed by atoms with Gasteiger partial charge in [0.1, 0.15) is 23.9 Å². The Bertz CT molecular complexity index is 1010. The number of carbonyl (C=O) groups excluding carboxylic acids is 3. The summed E-state index contributed by atoms with van der Waals surface area (Å²) in [5.74, 6) is -2.99. The number of amides is 3. The van der Waals surface area contributed by atoms with Crippen molar-refractivity contribution in [1.29, 1.82) is 0 Å². The summed E-state index contributed by atoms with van der Waals surface area (Å²) in [5.41, 5.74) is 17.5. The van der Waals surface area contributed by atoms with E-state index in [9.17, 15) is 29.4 Å². The molecule has 1 rings (SSSR count). The monoisotopic (exact) mass is 563 g/mol. The summed E-state index contributed by atoms with van der Waals surface area (Å²) < 4.78 is 0. The lowest BCUT2D eigenvalue weighted by molar-refractivity contribution is -0.143. The highest BCUT2D eigenvalue weighted by Crippen LogP contribution is 2.12. The number of nitrogens with two attached hydrogens (primary N) is 3. The minimum atomic E-state index is -1.16. The fraction of sp³-hybridized carbons (Fsp3) is 0.593. The van der Waals surface area contributed by atoms with Crippen molar-refractivity contribution in [2.24, 2.45) is 34.0 Å². The number of hydrogen-bond acceptors (Lipinski definition) is 7. The van der Waals surface area contributed by atoms with Gasteiger partial charge in [-0.1, -0.05) is 39.8 Å². The maximum absolute atomic E-state index is 13.3. The van der Waals surface area contributed by atoms with Crippen molar-refractivity contribution >= 4 is 29.7 Å². The lowest BCUT2D eigenvalue weighted by Crippen LogP contribution is -2.57. The number of rotatable bonds is 17. The molecule has 0 bridgehead atoms. The van der Waals surface area contributed by atoms with Crippen molar-refractivity contribution in [3.8, 4) is 5.75 Å². The van der Waals surface area contributed by atoms with Gasteiger partial charge in [-0.3, -0.25) is 19.4 Å². The number of aromatic hydroxyl groups is 1. The molecule has 0 aliphatic rings. The minimum Gasteiger partial charge on any atom is -0.508 e. The maximum atomic E-state index is 13.3. The highest BCUT2D eigenvalue weighted by Gasteiger charge is 2.31. The van der Waals surface area contributed by atoms with Gasteiger partial charge in [0.2, 0.25) is 17.7 Å². The summed E-state index contributed by atoms with van der Waals surface area (Å²) in [6.07, 6.45) is 1.15. The molecule has 11 N–H and O–H groups in total. The largest absolute Gasteiger partial charge is 0.508 e. The van der Waals surface area contributed by atoms with E-state index in [-0.39, 0.29) is 55.8 Å². The molecule has 0 spiro atoms. The molecule has 0 aliphatic carbocycles. The predicted octanol–water partition coefficient (Wildman–Crippen LogP) is -0.0532. The number of aliphatic carboxylic acids is 1. The van der Waals surface area contributed by atoms with Crippen LogP contribution in [-0.4, -0.2) is 70.6 Å². The summed E-state index contributed by atoms with van der Waals surface area (Å²) in [7, 11) is 0. The minimum absolute atomic E-state index is 0.00179. The Kier molecular flexibility index (Phi) is 14.5. The molecule has 0 saturated carbocycles. The van der Waals surface area contributed by atoms with Gasteiger partial charge in [-0.2, -0.15) is 0 Å². The molecule has 0 aromatic heterocycles. The van der Waals surface area contributed by atoms with Gasteiger partial charge in [-0.15, -0.1) is 0 Å². The zero-order valence-corrected chi connectivity index (χ0v) is 23.7. The van der Waals surface area contributed by atoms with Crippen LogP contribution in [0.4, 0.5) is 0 Å². The summed E-state index contributed by atoms with van der Waals surface area (Å²) in [5, 5.41) is 26.9. The van der Waals surface area contributed by atoms with Crippen molar-refractivity contribution in [3.05, 3.63) is 29.8 Å². The number of nitrogens with one attached hydrogen (secondary N) is 3. The molecular weight excluding hydrogens is 518 g/mol. The third kappa shape index (κ3) is 13.3. The molecule has 13 heteroatoms. The van der Waals surface area contributed by atoms with Crippen molar-refractivity contribution in [3.63, 3.8) is 0 Å². The lowest BCUT2D eigenvalue weighted by atomic mass is 10.00. The molecule has 0 fully saturated rings. The number of benzene rings is 1. The molecule has 0 unspecified atom stereocenters. The first kappa shape index (κ1) is 34.2. The maximum Gasteiger partial charge on any atom is 0.326 e. The number of guanidine groups is 1. The zero-order chi connectivity index (χ0) is 30.4. The zero-order valence-electron chi connectivity index (χ0n) is 23.7. The van der Waals surface area contributed by atoms with Crippen LogP contribution in [0.2, 0.25) is 0 Å². The Morgan fingerprint density at radius 1 is 0.825 bits per heavy atom. The average Bonchev–Trinajstić information content (AvgIpc) is 2.85. The number of hydrogen-bond donors (Lipinski definition) is 8. The van der Waals surface area contributed by atoms with Crippen LogP contribution in [0.1, 0.15) is 58.9 Å². The van der Waals surface area contributed by atoms with E-state index < -0.39 is 47.9 Å². The van der Waals surface area contributed by atoms with Crippen LogP contribution >= 0.6 is 0 Å². The van der Waals surface area contributed by atoms with Gasteiger partial charge >= 0.3 is 5.97 Å². The lowest BCUT2D eigenvalue weighted by Gasteiger charge is -2.26. The number of nitrogens with zero attached hydrogens (tertiary/aromatic N) is 1. The molecule has 0 radical (unpaired) electrons. The van der Waals surface area contributed by atoms with Crippen LogP contribution in [0.15, 0.2) is 29.3 Å². The first-order valence-corrected chi connectivity index (χ1v) is 13.4. The summed E-state index contributed by atoms with van der Waals surface area (Å²) in [6, 6.07) is 2.07. The second-order valence-corrected chi connectivity index (χ2v) is 10.7. The van der Waals surface area contributed by atoms with E-state index in [4.69, 9.17) is 17.2 Å². The van der Waals surface area contributed by atoms with E-state index in [0.717, 1.165) is 5.56 Å². The van der Waals surface area contributed by atoms with Crippen LogP contribution in [0.5, 0.6) is 5.75 Å². The molecule has 0 saturated heterocycles. The summed E-state index contributed by atoms with van der Waals surface area (Å²) >= 11 is 0. The highest BCUT2D eigenvalue weighted by molar-refractivity contribution is 5.94. The molecule has 0 heterocycles. The highest BCUT2D eigenvalue weighted by atomic mass is 16.4. The topological polar surface area (TPSA) is 235 Å². The van der Waals surface area contributed by atoms with Gasteiger partial charge in [0.25, 0.3) is 0 Å². The van der Waals surface area contributed by atoms with E-state index in [1.165, 1.54) is 12.1 Å². The number of carbonyl (C=O) groups is 4. The van der Waals surface area contributed by atoms with Crippen molar-refractivity contribution in [2.45, 2.75) is 84.0 Å². The van der Waals surface area contributed by atoms with E-state index in [1.54, 1.807) is 12.1 Å². The molecule has 4 atom stereocenters. The third-order valence-electron chi connectivity index (χ3n) is 5.97. The predicted molar refractivity (Wildman–Crippen MR) is 152 cm³/mol. The third-order valence-corrected chi connectivity index (χ3v) is 5.97. The Morgan fingerprint density at radius 2 is 1.32 bits per heavy atom. The first-order chi connectivity index (χ1) is 18.7. The summed E-state index contributed by atoms with van der Waals surface area (Å²) in [6.45, 7) is 7.64. The number of phenolic OH excluding ortho intramolecular Hbond substituents is 1. The number of aliphatic imine (C=N–C) groups is 1. The first-order valence-electron chi connectivity index (χ1n) is 13.4. The van der Waals surface area contributed by atoms with E-state index >= 15 is 0 Å². The Hall–Kier alpha value is -3.87. The van der Waals surface area contributed by atoms with E-state index in [2.05, 4.69) is 20.9 Å². The Labute approximate surface area is 235 Å². The fourth-order valence-corrected chi connectivity index (χ4v) is 3.97. The van der Waals surface area contributed by atoms with E-state index in [1.807, 2.05) is 27.7 Å². The molecule has 3 amide bonds. The van der Waals surface area contributed by atoms with Crippen LogP contribution < -0.4 is 33.2 Å². The fourth-order valence-electron chi connectivity index (χ4n) is 3.97. The Balaban J connectivity index is 3.04. The second-order valence-electron chi connectivity index (χ2n) is 10.7. The number of phenols is 1. The van der Waals surface area contributed by atoms with Crippen LogP contribution in [0.25, 0.3) is 0 Å². The second kappa shape index (κ2) is 17.0. The SMILES string of the molecule is CC(C)C[C@H](NC(=O)[C@H](CC(C)C)NC(=O)[C@H](CCCN=C(N)N)NC(=O)[C@@H](N)Cc1ccc(O)cc1)C(=O)O. The van der Waals surface area contributed by atoms with Gasteiger partial charge in [0, 0.05) is 6.54 Å².